The number of rotatable bonds is 3. The molecule has 0 bridgehead atoms. The Morgan fingerprint density at radius 3 is 2.46 bits per heavy atom. The monoisotopic (exact) mass is 351 g/mol. The van der Waals surface area contributed by atoms with Gasteiger partial charge in [0.2, 0.25) is 0 Å². The van der Waals surface area contributed by atoms with E-state index in [-0.39, 0.29) is 11.4 Å². The summed E-state index contributed by atoms with van der Waals surface area (Å²) in [4.78, 5) is 19.8. The van der Waals surface area contributed by atoms with E-state index in [0.29, 0.717) is 5.39 Å². The van der Waals surface area contributed by atoms with Crippen LogP contribution in [0.1, 0.15) is 11.3 Å². The zero-order valence-corrected chi connectivity index (χ0v) is 14.8. The smallest absolute Gasteiger partial charge is 0.256 e. The Labute approximate surface area is 151 Å². The highest BCUT2D eigenvalue weighted by Crippen LogP contribution is 2.22. The summed E-state index contributed by atoms with van der Waals surface area (Å²) in [5.41, 5.74) is 2.97. The quantitative estimate of drug-likeness (QED) is 0.787. The fourth-order valence-corrected chi connectivity index (χ4v) is 3.71. The number of anilines is 1. The van der Waals surface area contributed by atoms with Crippen LogP contribution in [0.2, 0.25) is 0 Å². The summed E-state index contributed by atoms with van der Waals surface area (Å²) in [6, 6.07) is 14.9. The van der Waals surface area contributed by atoms with Gasteiger partial charge in [-0.3, -0.25) is 9.69 Å². The molecule has 5 heteroatoms. The lowest BCUT2D eigenvalue weighted by Gasteiger charge is -2.36. The van der Waals surface area contributed by atoms with Gasteiger partial charge < -0.3 is 9.88 Å². The molecule has 4 nitrogen and oxygen atoms in total. The first-order chi connectivity index (χ1) is 12.6. The fraction of sp³-hybridized carbons (Fsp3) is 0.286. The Kier molecular flexibility index (Phi) is 4.47. The lowest BCUT2D eigenvalue weighted by Crippen LogP contribution is -2.46. The summed E-state index contributed by atoms with van der Waals surface area (Å²) < 4.78 is 13.5. The predicted octanol–water partition coefficient (Wildman–Crippen LogP) is 3.30. The van der Waals surface area contributed by atoms with E-state index < -0.39 is 0 Å². The number of hydrogen-bond donors (Lipinski definition) is 1. The van der Waals surface area contributed by atoms with Crippen molar-refractivity contribution in [2.24, 2.45) is 0 Å². The number of nitrogens with zero attached hydrogens (tertiary/aromatic N) is 2. The number of aromatic nitrogens is 1. The number of H-pyrrole nitrogens is 1. The average Bonchev–Trinajstić information content (AvgIpc) is 2.66. The maximum atomic E-state index is 13.5. The molecule has 0 atom stereocenters. The number of hydrogen-bond acceptors (Lipinski definition) is 3. The van der Waals surface area contributed by atoms with E-state index in [4.69, 9.17) is 0 Å². The van der Waals surface area contributed by atoms with E-state index >= 15 is 0 Å². The van der Waals surface area contributed by atoms with Crippen molar-refractivity contribution < 1.29 is 4.39 Å². The molecule has 3 aromatic rings. The first kappa shape index (κ1) is 16.8. The summed E-state index contributed by atoms with van der Waals surface area (Å²) in [5, 5.41) is 1.27. The Balaban J connectivity index is 1.55. The number of fused-ring (bicyclic) bond motifs is 1. The minimum absolute atomic E-state index is 0.227. The predicted molar refractivity (Wildman–Crippen MR) is 103 cm³/mol. The van der Waals surface area contributed by atoms with Crippen LogP contribution in [-0.2, 0) is 6.54 Å². The van der Waals surface area contributed by atoms with E-state index in [1.54, 1.807) is 6.07 Å². The van der Waals surface area contributed by atoms with Gasteiger partial charge in [-0.05, 0) is 42.1 Å². The molecule has 1 N–H and O–H groups in total. The van der Waals surface area contributed by atoms with E-state index in [9.17, 15) is 9.18 Å². The average molecular weight is 351 g/mol. The van der Waals surface area contributed by atoms with Gasteiger partial charge in [-0.1, -0.05) is 24.3 Å². The SMILES string of the molecule is Cc1[nH]c(=O)c2cc(F)ccc2c1CN1CCN(c2ccccc2)CC1. The molecule has 1 aliphatic rings. The summed E-state index contributed by atoms with van der Waals surface area (Å²) >= 11 is 0. The van der Waals surface area contributed by atoms with Crippen LogP contribution >= 0.6 is 0 Å². The second kappa shape index (κ2) is 6.92. The van der Waals surface area contributed by atoms with Crippen LogP contribution in [0.5, 0.6) is 0 Å². The number of aromatic amines is 1. The minimum atomic E-state index is -0.380. The van der Waals surface area contributed by atoms with Crippen molar-refractivity contribution in [3.8, 4) is 0 Å². The zero-order valence-electron chi connectivity index (χ0n) is 14.8. The first-order valence-corrected chi connectivity index (χ1v) is 8.95. The highest BCUT2D eigenvalue weighted by atomic mass is 19.1. The second-order valence-electron chi connectivity index (χ2n) is 6.85. The third kappa shape index (κ3) is 3.22. The Morgan fingerprint density at radius 2 is 1.73 bits per heavy atom. The number of nitrogens with one attached hydrogen (secondary N) is 1. The van der Waals surface area contributed by atoms with Gasteiger partial charge in [0.25, 0.3) is 5.56 Å². The molecule has 1 saturated heterocycles. The molecule has 0 amide bonds. The maximum absolute atomic E-state index is 13.5. The maximum Gasteiger partial charge on any atom is 0.256 e. The highest BCUT2D eigenvalue weighted by molar-refractivity contribution is 5.85. The molecule has 134 valence electrons. The highest BCUT2D eigenvalue weighted by Gasteiger charge is 2.19. The van der Waals surface area contributed by atoms with Crippen LogP contribution in [0, 0.1) is 12.7 Å². The Morgan fingerprint density at radius 1 is 1.00 bits per heavy atom. The van der Waals surface area contributed by atoms with Crippen LogP contribution in [-0.4, -0.2) is 36.1 Å². The molecular weight excluding hydrogens is 329 g/mol. The Hall–Kier alpha value is -2.66. The lowest BCUT2D eigenvalue weighted by molar-refractivity contribution is 0.250. The largest absolute Gasteiger partial charge is 0.369 e. The van der Waals surface area contributed by atoms with Crippen molar-refractivity contribution >= 4 is 16.5 Å². The number of halogens is 1. The summed E-state index contributed by atoms with van der Waals surface area (Å²) in [7, 11) is 0. The van der Waals surface area contributed by atoms with Crippen molar-refractivity contribution in [3.63, 3.8) is 0 Å². The van der Waals surface area contributed by atoms with Crippen LogP contribution in [0.25, 0.3) is 10.8 Å². The molecular formula is C21H22FN3O. The molecule has 4 rings (SSSR count). The lowest BCUT2D eigenvalue weighted by atomic mass is 10.0. The third-order valence-electron chi connectivity index (χ3n) is 5.18. The van der Waals surface area contributed by atoms with Crippen molar-refractivity contribution in [1.82, 2.24) is 9.88 Å². The number of pyridine rings is 1. The molecule has 0 unspecified atom stereocenters. The number of para-hydroxylation sites is 1. The second-order valence-corrected chi connectivity index (χ2v) is 6.85. The first-order valence-electron chi connectivity index (χ1n) is 8.95. The number of piperazine rings is 1. The molecule has 0 radical (unpaired) electrons. The van der Waals surface area contributed by atoms with Gasteiger partial charge in [0.1, 0.15) is 5.82 Å². The molecule has 26 heavy (non-hydrogen) atoms. The standard InChI is InChI=1S/C21H22FN3O/c1-15-20(18-8-7-16(22)13-19(18)21(26)23-15)14-24-9-11-25(12-10-24)17-5-3-2-4-6-17/h2-8,13H,9-12,14H2,1H3,(H,23,26). The Bertz CT molecular complexity index is 976. The van der Waals surface area contributed by atoms with Gasteiger partial charge >= 0.3 is 0 Å². The van der Waals surface area contributed by atoms with E-state index in [0.717, 1.165) is 49.4 Å². The number of benzene rings is 2. The van der Waals surface area contributed by atoms with Crippen LogP contribution in [0.3, 0.4) is 0 Å². The third-order valence-corrected chi connectivity index (χ3v) is 5.18. The molecule has 0 saturated carbocycles. The van der Waals surface area contributed by atoms with Gasteiger partial charge in [-0.15, -0.1) is 0 Å². The van der Waals surface area contributed by atoms with Gasteiger partial charge in [0.05, 0.1) is 5.39 Å². The molecule has 0 aliphatic carbocycles. The molecule has 2 aromatic carbocycles. The van der Waals surface area contributed by atoms with E-state index in [1.807, 2.05) is 13.0 Å². The van der Waals surface area contributed by atoms with E-state index in [2.05, 4.69) is 39.0 Å². The molecule has 0 spiro atoms. The van der Waals surface area contributed by atoms with Crippen LogP contribution in [0.4, 0.5) is 10.1 Å². The molecule has 1 aromatic heterocycles. The summed E-state index contributed by atoms with van der Waals surface area (Å²) in [6.45, 7) is 6.53. The van der Waals surface area contributed by atoms with Crippen molar-refractivity contribution in [2.45, 2.75) is 13.5 Å². The fourth-order valence-electron chi connectivity index (χ4n) is 3.71. The van der Waals surface area contributed by atoms with Crippen molar-refractivity contribution in [3.05, 3.63) is 76.0 Å². The topological polar surface area (TPSA) is 39.3 Å². The zero-order chi connectivity index (χ0) is 18.1. The van der Waals surface area contributed by atoms with Crippen LogP contribution < -0.4 is 10.5 Å². The molecule has 2 heterocycles. The van der Waals surface area contributed by atoms with Gasteiger partial charge in [0, 0.05) is 44.1 Å². The normalized spacial score (nSPS) is 15.5. The molecule has 1 fully saturated rings. The van der Waals surface area contributed by atoms with Crippen molar-refractivity contribution in [2.75, 3.05) is 31.1 Å². The van der Waals surface area contributed by atoms with Crippen molar-refractivity contribution in [1.29, 1.82) is 0 Å². The molecule has 1 aliphatic heterocycles. The summed E-state index contributed by atoms with van der Waals surface area (Å²) in [6.07, 6.45) is 0. The van der Waals surface area contributed by atoms with E-state index in [1.165, 1.54) is 17.8 Å². The summed E-state index contributed by atoms with van der Waals surface area (Å²) in [5.74, 6) is -0.380. The minimum Gasteiger partial charge on any atom is -0.369 e. The van der Waals surface area contributed by atoms with Crippen LogP contribution in [0.15, 0.2) is 53.3 Å². The van der Waals surface area contributed by atoms with Gasteiger partial charge in [-0.2, -0.15) is 0 Å². The number of aryl methyl sites for hydroxylation is 1. The van der Waals surface area contributed by atoms with Gasteiger partial charge in [0.15, 0.2) is 0 Å². The van der Waals surface area contributed by atoms with Gasteiger partial charge in [-0.25, -0.2) is 4.39 Å².